The Hall–Kier alpha value is -3.39. The number of ether oxygens (including phenoxy) is 2. The number of benzene rings is 2. The number of hydrogen-bond acceptors (Lipinski definition) is 5. The summed E-state index contributed by atoms with van der Waals surface area (Å²) in [4.78, 5) is 37.6. The van der Waals surface area contributed by atoms with Gasteiger partial charge < -0.3 is 20.1 Å². The zero-order chi connectivity index (χ0) is 20.2. The molecule has 8 heteroatoms. The molecule has 0 radical (unpaired) electrons. The largest absolute Gasteiger partial charge is 0.490 e. The van der Waals surface area contributed by atoms with Crippen molar-refractivity contribution in [2.24, 2.45) is 0 Å². The molecule has 2 fully saturated rings. The number of anilines is 2. The van der Waals surface area contributed by atoms with Crippen LogP contribution in [0, 0.1) is 0 Å². The monoisotopic (exact) mass is 395 g/mol. The third-order valence-corrected chi connectivity index (χ3v) is 4.79. The number of nitrogens with one attached hydrogen (secondary N) is 2. The Balaban J connectivity index is 1.48. The second-order valence-corrected chi connectivity index (χ2v) is 6.83. The van der Waals surface area contributed by atoms with Gasteiger partial charge in [-0.2, -0.15) is 0 Å². The summed E-state index contributed by atoms with van der Waals surface area (Å²) in [5.74, 6) is -0.209. The average Bonchev–Trinajstić information content (AvgIpc) is 3.36. The Labute approximate surface area is 167 Å². The van der Waals surface area contributed by atoms with Crippen LogP contribution in [0.25, 0.3) is 0 Å². The van der Waals surface area contributed by atoms with Crippen molar-refractivity contribution in [3.63, 3.8) is 0 Å². The minimum atomic E-state index is -0.480. The fraction of sp³-hybridized carbons (Fsp3) is 0.286. The maximum Gasteiger partial charge on any atom is 0.329 e. The second-order valence-electron chi connectivity index (χ2n) is 6.83. The quantitative estimate of drug-likeness (QED) is 0.733. The number of amides is 4. The number of imide groups is 1. The molecule has 4 rings (SSSR count). The van der Waals surface area contributed by atoms with E-state index >= 15 is 0 Å². The Bertz CT molecular complexity index is 923. The molecule has 2 aliphatic rings. The third kappa shape index (κ3) is 4.22. The van der Waals surface area contributed by atoms with Crippen molar-refractivity contribution in [2.75, 3.05) is 30.0 Å². The van der Waals surface area contributed by atoms with E-state index in [-0.39, 0.29) is 24.5 Å². The third-order valence-electron chi connectivity index (χ3n) is 4.79. The first kappa shape index (κ1) is 18.9. The van der Waals surface area contributed by atoms with Crippen LogP contribution < -0.4 is 20.3 Å². The van der Waals surface area contributed by atoms with Crippen LogP contribution in [0.2, 0.25) is 0 Å². The van der Waals surface area contributed by atoms with Crippen LogP contribution in [0.1, 0.15) is 23.2 Å². The molecule has 150 valence electrons. The summed E-state index contributed by atoms with van der Waals surface area (Å²) in [6.07, 6.45) is 2.01. The van der Waals surface area contributed by atoms with Gasteiger partial charge in [-0.15, -0.1) is 0 Å². The zero-order valence-electron chi connectivity index (χ0n) is 15.7. The van der Waals surface area contributed by atoms with Gasteiger partial charge in [0.25, 0.3) is 11.8 Å². The second kappa shape index (κ2) is 8.32. The molecule has 1 atom stereocenters. The molecule has 4 amide bonds. The van der Waals surface area contributed by atoms with Crippen LogP contribution in [-0.2, 0) is 9.53 Å². The molecule has 2 aliphatic heterocycles. The number of rotatable bonds is 6. The highest BCUT2D eigenvalue weighted by atomic mass is 16.5. The summed E-state index contributed by atoms with van der Waals surface area (Å²) in [5.41, 5.74) is 1.26. The lowest BCUT2D eigenvalue weighted by atomic mass is 10.1. The highest BCUT2D eigenvalue weighted by Crippen LogP contribution is 2.24. The van der Waals surface area contributed by atoms with Gasteiger partial charge in [-0.05, 0) is 43.2 Å². The summed E-state index contributed by atoms with van der Waals surface area (Å²) in [5, 5.41) is 5.27. The van der Waals surface area contributed by atoms with Crippen LogP contribution in [-0.4, -0.2) is 43.7 Å². The van der Waals surface area contributed by atoms with E-state index in [1.807, 2.05) is 0 Å². The Kier molecular flexibility index (Phi) is 5.44. The fourth-order valence-electron chi connectivity index (χ4n) is 3.34. The number of carbonyl (C=O) groups is 3. The Morgan fingerprint density at radius 2 is 2.07 bits per heavy atom. The van der Waals surface area contributed by atoms with E-state index in [9.17, 15) is 14.4 Å². The molecule has 0 saturated carbocycles. The molecule has 2 aromatic carbocycles. The lowest BCUT2D eigenvalue weighted by Gasteiger charge is -2.16. The molecule has 2 heterocycles. The van der Waals surface area contributed by atoms with Gasteiger partial charge in [0.05, 0.1) is 23.9 Å². The van der Waals surface area contributed by atoms with Gasteiger partial charge in [-0.1, -0.05) is 18.2 Å². The first-order chi connectivity index (χ1) is 14.1. The first-order valence-electron chi connectivity index (χ1n) is 9.47. The van der Waals surface area contributed by atoms with E-state index in [1.54, 1.807) is 48.5 Å². The van der Waals surface area contributed by atoms with Crippen LogP contribution in [0.5, 0.6) is 5.75 Å². The number of hydrogen-bond donors (Lipinski definition) is 2. The first-order valence-corrected chi connectivity index (χ1v) is 9.47. The number of carbonyl (C=O) groups excluding carboxylic acids is 3. The van der Waals surface area contributed by atoms with Crippen LogP contribution >= 0.6 is 0 Å². The molecule has 0 spiro atoms. The maximum absolute atomic E-state index is 12.8. The van der Waals surface area contributed by atoms with Crippen molar-refractivity contribution in [3.05, 3.63) is 54.1 Å². The molecule has 0 bridgehead atoms. The highest BCUT2D eigenvalue weighted by Gasteiger charge is 2.30. The van der Waals surface area contributed by atoms with E-state index in [0.717, 1.165) is 24.3 Å². The molecular formula is C21H21N3O5. The predicted octanol–water partition coefficient (Wildman–Crippen LogP) is 2.55. The normalized spacial score (nSPS) is 18.6. The Morgan fingerprint density at radius 3 is 2.83 bits per heavy atom. The van der Waals surface area contributed by atoms with Gasteiger partial charge in [0, 0.05) is 12.3 Å². The van der Waals surface area contributed by atoms with Crippen molar-refractivity contribution < 1.29 is 23.9 Å². The van der Waals surface area contributed by atoms with Crippen molar-refractivity contribution in [3.8, 4) is 5.75 Å². The molecule has 2 N–H and O–H groups in total. The van der Waals surface area contributed by atoms with Gasteiger partial charge in [0.1, 0.15) is 12.4 Å². The molecule has 8 nitrogen and oxygen atoms in total. The summed E-state index contributed by atoms with van der Waals surface area (Å²) in [6.45, 7) is 1.10. The lowest BCUT2D eigenvalue weighted by Crippen LogP contribution is -2.30. The number of urea groups is 1. The SMILES string of the molecule is O=C(Nc1cccc(N2C(=O)CNC2=O)c1)c1ccccc1OCC1CCCO1. The fourth-order valence-corrected chi connectivity index (χ4v) is 3.34. The maximum atomic E-state index is 12.8. The van der Waals surface area contributed by atoms with E-state index < -0.39 is 6.03 Å². The van der Waals surface area contributed by atoms with Gasteiger partial charge in [-0.25, -0.2) is 9.69 Å². The van der Waals surface area contributed by atoms with E-state index in [4.69, 9.17) is 9.47 Å². The molecular weight excluding hydrogens is 374 g/mol. The van der Waals surface area contributed by atoms with Gasteiger partial charge >= 0.3 is 6.03 Å². The highest BCUT2D eigenvalue weighted by molar-refractivity contribution is 6.20. The average molecular weight is 395 g/mol. The van der Waals surface area contributed by atoms with E-state index in [1.165, 1.54) is 0 Å². The lowest BCUT2D eigenvalue weighted by molar-refractivity contribution is -0.115. The molecule has 29 heavy (non-hydrogen) atoms. The predicted molar refractivity (Wildman–Crippen MR) is 106 cm³/mol. The van der Waals surface area contributed by atoms with E-state index in [2.05, 4.69) is 10.6 Å². The molecule has 2 aromatic rings. The van der Waals surface area contributed by atoms with Gasteiger partial charge in [0.2, 0.25) is 0 Å². The van der Waals surface area contributed by atoms with Gasteiger partial charge in [-0.3, -0.25) is 9.59 Å². The van der Waals surface area contributed by atoms with Crippen LogP contribution in [0.4, 0.5) is 16.2 Å². The summed E-state index contributed by atoms with van der Waals surface area (Å²) < 4.78 is 11.4. The zero-order valence-corrected chi connectivity index (χ0v) is 15.7. The standard InChI is InChI=1S/C21H21N3O5/c25-19-12-22-21(27)24(19)15-6-3-5-14(11-15)23-20(26)17-8-1-2-9-18(17)29-13-16-7-4-10-28-16/h1-3,5-6,8-9,11,16H,4,7,10,12-13H2,(H,22,27)(H,23,26). The summed E-state index contributed by atoms with van der Waals surface area (Å²) >= 11 is 0. The van der Waals surface area contributed by atoms with Crippen LogP contribution in [0.15, 0.2) is 48.5 Å². The molecule has 2 saturated heterocycles. The number of para-hydroxylation sites is 1. The van der Waals surface area contributed by atoms with Crippen molar-refractivity contribution in [1.29, 1.82) is 0 Å². The van der Waals surface area contributed by atoms with E-state index in [0.29, 0.717) is 29.3 Å². The molecule has 1 unspecified atom stereocenters. The molecule has 0 aromatic heterocycles. The summed E-state index contributed by atoms with van der Waals surface area (Å²) in [6, 6.07) is 13.1. The van der Waals surface area contributed by atoms with Gasteiger partial charge in [0.15, 0.2) is 0 Å². The van der Waals surface area contributed by atoms with Crippen molar-refractivity contribution in [1.82, 2.24) is 5.32 Å². The minimum absolute atomic E-state index is 0.0369. The van der Waals surface area contributed by atoms with Crippen molar-refractivity contribution in [2.45, 2.75) is 18.9 Å². The van der Waals surface area contributed by atoms with Crippen LogP contribution in [0.3, 0.4) is 0 Å². The summed E-state index contributed by atoms with van der Waals surface area (Å²) in [7, 11) is 0. The molecule has 0 aliphatic carbocycles. The minimum Gasteiger partial charge on any atom is -0.490 e. The Morgan fingerprint density at radius 1 is 1.21 bits per heavy atom. The smallest absolute Gasteiger partial charge is 0.329 e. The topological polar surface area (TPSA) is 97.0 Å². The van der Waals surface area contributed by atoms with Crippen molar-refractivity contribution >= 4 is 29.2 Å². The number of nitrogens with zero attached hydrogens (tertiary/aromatic N) is 1.